The van der Waals surface area contributed by atoms with Crippen LogP contribution in [0.2, 0.25) is 0 Å². The quantitative estimate of drug-likeness (QED) is 0.368. The van der Waals surface area contributed by atoms with Gasteiger partial charge in [-0.05, 0) is 25.0 Å². The van der Waals surface area contributed by atoms with Gasteiger partial charge in [-0.25, -0.2) is 9.97 Å². The molecule has 1 aromatic carbocycles. The van der Waals surface area contributed by atoms with Crippen molar-refractivity contribution in [2.24, 2.45) is 5.73 Å². The second kappa shape index (κ2) is 9.43. The molecule has 0 bridgehead atoms. The number of fused-ring (bicyclic) bond motifs is 1. The van der Waals surface area contributed by atoms with E-state index in [0.29, 0.717) is 30.2 Å². The number of rotatable bonds is 5. The number of halogens is 1. The molecule has 3 heterocycles. The summed E-state index contributed by atoms with van der Waals surface area (Å²) >= 11 is 0. The fourth-order valence-corrected chi connectivity index (χ4v) is 3.68. The number of pyridine rings is 1. The molecule has 11 nitrogen and oxygen atoms in total. The first-order valence-corrected chi connectivity index (χ1v) is 10.1. The Morgan fingerprint density at radius 1 is 1.21 bits per heavy atom. The maximum Gasteiger partial charge on any atom is 0.323 e. The van der Waals surface area contributed by atoms with E-state index in [1.165, 1.54) is 18.5 Å². The lowest BCUT2D eigenvalue weighted by molar-refractivity contribution is -0.144. The Labute approximate surface area is 194 Å². The highest BCUT2D eigenvalue weighted by molar-refractivity contribution is 6.06. The van der Waals surface area contributed by atoms with Crippen molar-refractivity contribution in [2.45, 2.75) is 18.4 Å². The predicted molar refractivity (Wildman–Crippen MR) is 127 cm³/mol. The molecule has 0 atom stereocenters. The molecule has 1 aliphatic rings. The SMILES string of the molecule is CNc1cccc2cc(C(=O)Nc3cnc(N4CCC(N)(C(=O)O)CC4)nc3)c(=O)[nH]c12.Cl. The van der Waals surface area contributed by atoms with Crippen LogP contribution >= 0.6 is 12.4 Å². The molecule has 0 aliphatic carbocycles. The number of H-pyrrole nitrogens is 1. The number of nitrogens with one attached hydrogen (secondary N) is 3. The second-order valence-corrected chi connectivity index (χ2v) is 7.71. The highest BCUT2D eigenvalue weighted by Gasteiger charge is 2.38. The van der Waals surface area contributed by atoms with Gasteiger partial charge in [-0.3, -0.25) is 14.4 Å². The Balaban J connectivity index is 0.00000306. The minimum atomic E-state index is -1.23. The number of piperidine rings is 1. The highest BCUT2D eigenvalue weighted by Crippen LogP contribution is 2.23. The number of hydrogen-bond acceptors (Lipinski definition) is 8. The van der Waals surface area contributed by atoms with Crippen molar-refractivity contribution in [1.82, 2.24) is 15.0 Å². The van der Waals surface area contributed by atoms with Crippen LogP contribution in [0.3, 0.4) is 0 Å². The first-order valence-electron chi connectivity index (χ1n) is 10.1. The number of aromatic nitrogens is 3. The number of aliphatic carboxylic acids is 1. The summed E-state index contributed by atoms with van der Waals surface area (Å²) in [5, 5.41) is 15.6. The fraction of sp³-hybridized carbons (Fsp3) is 0.286. The number of amides is 1. The average Bonchev–Trinajstić information content (AvgIpc) is 2.79. The summed E-state index contributed by atoms with van der Waals surface area (Å²) in [5.41, 5.74) is 5.83. The van der Waals surface area contributed by atoms with E-state index in [0.717, 1.165) is 11.1 Å². The third-order valence-corrected chi connectivity index (χ3v) is 5.65. The van der Waals surface area contributed by atoms with Crippen LogP contribution in [0.5, 0.6) is 0 Å². The van der Waals surface area contributed by atoms with Gasteiger partial charge in [0, 0.05) is 25.5 Å². The van der Waals surface area contributed by atoms with E-state index in [9.17, 15) is 19.5 Å². The van der Waals surface area contributed by atoms with Crippen molar-refractivity contribution in [3.63, 3.8) is 0 Å². The van der Waals surface area contributed by atoms with E-state index in [4.69, 9.17) is 5.73 Å². The molecule has 12 heteroatoms. The summed E-state index contributed by atoms with van der Waals surface area (Å²) in [6.07, 6.45) is 3.44. The number of para-hydroxylation sites is 1. The van der Waals surface area contributed by atoms with Gasteiger partial charge in [0.25, 0.3) is 11.5 Å². The van der Waals surface area contributed by atoms with Gasteiger partial charge >= 0.3 is 5.97 Å². The summed E-state index contributed by atoms with van der Waals surface area (Å²) in [5.74, 6) is -1.17. The van der Waals surface area contributed by atoms with Gasteiger partial charge in [0.2, 0.25) is 5.95 Å². The zero-order valence-electron chi connectivity index (χ0n) is 17.8. The minimum absolute atomic E-state index is 0. The Bertz CT molecular complexity index is 1240. The normalized spacial score (nSPS) is 14.9. The van der Waals surface area contributed by atoms with Crippen LogP contribution in [-0.2, 0) is 4.79 Å². The Morgan fingerprint density at radius 2 is 1.88 bits per heavy atom. The third kappa shape index (κ3) is 4.73. The number of carboxylic acids is 1. The van der Waals surface area contributed by atoms with E-state index in [1.807, 2.05) is 17.0 Å². The number of nitrogens with zero attached hydrogens (tertiary/aromatic N) is 3. The summed E-state index contributed by atoms with van der Waals surface area (Å²) in [7, 11) is 1.75. The maximum absolute atomic E-state index is 12.7. The van der Waals surface area contributed by atoms with E-state index in [1.54, 1.807) is 13.1 Å². The molecule has 2 aromatic heterocycles. The lowest BCUT2D eigenvalue weighted by Crippen LogP contribution is -2.55. The molecular formula is C21H24ClN7O4. The Kier molecular flexibility index (Phi) is 6.84. The fourth-order valence-electron chi connectivity index (χ4n) is 3.68. The molecule has 6 N–H and O–H groups in total. The number of nitrogens with two attached hydrogens (primary N) is 1. The van der Waals surface area contributed by atoms with Crippen molar-refractivity contribution < 1.29 is 14.7 Å². The van der Waals surface area contributed by atoms with Gasteiger partial charge in [-0.2, -0.15) is 0 Å². The number of benzene rings is 1. The maximum atomic E-state index is 12.7. The van der Waals surface area contributed by atoms with Crippen molar-refractivity contribution in [2.75, 3.05) is 35.7 Å². The number of anilines is 3. The van der Waals surface area contributed by atoms with Crippen LogP contribution in [0.1, 0.15) is 23.2 Å². The van der Waals surface area contributed by atoms with Crippen LogP contribution in [0.25, 0.3) is 10.9 Å². The van der Waals surface area contributed by atoms with Crippen LogP contribution in [0, 0.1) is 0 Å². The number of carbonyl (C=O) groups is 2. The van der Waals surface area contributed by atoms with E-state index >= 15 is 0 Å². The van der Waals surface area contributed by atoms with Crippen LogP contribution in [-0.4, -0.2) is 57.6 Å². The molecular weight excluding hydrogens is 450 g/mol. The van der Waals surface area contributed by atoms with Gasteiger partial charge < -0.3 is 31.4 Å². The molecule has 3 aromatic rings. The zero-order chi connectivity index (χ0) is 22.9. The molecule has 1 saturated heterocycles. The summed E-state index contributed by atoms with van der Waals surface area (Å²) in [6, 6.07) is 7.00. The third-order valence-electron chi connectivity index (χ3n) is 5.65. The molecule has 0 spiro atoms. The van der Waals surface area contributed by atoms with Gasteiger partial charge in [0.1, 0.15) is 11.1 Å². The first kappa shape index (κ1) is 24.0. The predicted octanol–water partition coefficient (Wildman–Crippen LogP) is 1.42. The topological polar surface area (TPSA) is 166 Å². The molecule has 1 aliphatic heterocycles. The van der Waals surface area contributed by atoms with Gasteiger partial charge in [-0.1, -0.05) is 12.1 Å². The number of carboxylic acid groups (broad SMARTS) is 1. The van der Waals surface area contributed by atoms with Crippen molar-refractivity contribution in [1.29, 1.82) is 0 Å². The number of hydrogen-bond donors (Lipinski definition) is 5. The molecule has 0 radical (unpaired) electrons. The minimum Gasteiger partial charge on any atom is -0.480 e. The monoisotopic (exact) mass is 473 g/mol. The summed E-state index contributed by atoms with van der Waals surface area (Å²) < 4.78 is 0. The van der Waals surface area contributed by atoms with Crippen molar-refractivity contribution in [3.05, 3.63) is 52.6 Å². The smallest absolute Gasteiger partial charge is 0.323 e. The molecule has 0 unspecified atom stereocenters. The van der Waals surface area contributed by atoms with Crippen LogP contribution in [0.4, 0.5) is 17.3 Å². The van der Waals surface area contributed by atoms with E-state index in [2.05, 4.69) is 25.6 Å². The molecule has 4 rings (SSSR count). The highest BCUT2D eigenvalue weighted by atomic mass is 35.5. The largest absolute Gasteiger partial charge is 0.480 e. The lowest BCUT2D eigenvalue weighted by atomic mass is 9.89. The summed E-state index contributed by atoms with van der Waals surface area (Å²) in [6.45, 7) is 0.825. The number of aromatic amines is 1. The van der Waals surface area contributed by atoms with Crippen LogP contribution < -0.4 is 26.8 Å². The second-order valence-electron chi connectivity index (χ2n) is 7.71. The van der Waals surface area contributed by atoms with Gasteiger partial charge in [-0.15, -0.1) is 12.4 Å². The van der Waals surface area contributed by atoms with E-state index < -0.39 is 23.0 Å². The molecule has 1 fully saturated rings. The van der Waals surface area contributed by atoms with E-state index in [-0.39, 0.29) is 30.8 Å². The zero-order valence-corrected chi connectivity index (χ0v) is 18.6. The molecule has 1 amide bonds. The van der Waals surface area contributed by atoms with Gasteiger partial charge in [0.05, 0.1) is 29.3 Å². The molecule has 174 valence electrons. The van der Waals surface area contributed by atoms with Gasteiger partial charge in [0.15, 0.2) is 0 Å². The van der Waals surface area contributed by atoms with Crippen molar-refractivity contribution in [3.8, 4) is 0 Å². The average molecular weight is 474 g/mol. The summed E-state index contributed by atoms with van der Waals surface area (Å²) in [4.78, 5) is 49.5. The standard InChI is InChI=1S/C21H23N7O4.ClH/c1-23-15-4-2-3-12-9-14(18(30)27-16(12)15)17(29)26-13-10-24-20(25-11-13)28-7-5-21(22,6-8-28)19(31)32;/h2-4,9-11,23H,5-8,22H2,1H3,(H,26,29)(H,27,30)(H,31,32);1H. The Morgan fingerprint density at radius 3 is 2.48 bits per heavy atom. The Hall–Kier alpha value is -3.70. The first-order chi connectivity index (χ1) is 15.3. The van der Waals surface area contributed by atoms with Crippen molar-refractivity contribution >= 4 is 52.5 Å². The number of carbonyl (C=O) groups excluding carboxylic acids is 1. The lowest BCUT2D eigenvalue weighted by Gasteiger charge is -2.36. The molecule has 0 saturated carbocycles. The van der Waals surface area contributed by atoms with Crippen LogP contribution in [0.15, 0.2) is 41.5 Å². The molecule has 33 heavy (non-hydrogen) atoms.